The molecule has 1 rings (SSSR count). The Bertz CT molecular complexity index is 726. The van der Waals surface area contributed by atoms with Crippen molar-refractivity contribution in [1.82, 2.24) is 0 Å². The van der Waals surface area contributed by atoms with Crippen LogP contribution < -0.4 is 0 Å². The Kier molecular flexibility index (Phi) is 14.7. The van der Waals surface area contributed by atoms with Gasteiger partial charge in [0.25, 0.3) is 0 Å². The average molecular weight is 448 g/mol. The van der Waals surface area contributed by atoms with Crippen molar-refractivity contribution in [3.8, 4) is 5.75 Å². The molecule has 0 heterocycles. The van der Waals surface area contributed by atoms with Gasteiger partial charge < -0.3 is 28.8 Å². The van der Waals surface area contributed by atoms with E-state index in [1.807, 2.05) is 0 Å². The van der Waals surface area contributed by atoms with E-state index in [0.717, 1.165) is 0 Å². The molecule has 0 saturated carbocycles. The molecule has 0 unspecified atom stereocenters. The minimum atomic E-state index is -3.59. The second kappa shape index (κ2) is 16.8. The summed E-state index contributed by atoms with van der Waals surface area (Å²) >= 11 is 0. The Morgan fingerprint density at radius 2 is 1.27 bits per heavy atom. The van der Waals surface area contributed by atoms with Crippen LogP contribution in [0.1, 0.15) is 0 Å². The molecule has 1 aromatic carbocycles. The fourth-order valence-electron chi connectivity index (χ4n) is 2.13. The fourth-order valence-corrected chi connectivity index (χ4v) is 3.36. The number of aromatic hydroxyl groups is 1. The van der Waals surface area contributed by atoms with Crippen LogP contribution >= 0.6 is 0 Å². The van der Waals surface area contributed by atoms with E-state index in [9.17, 15) is 13.5 Å². The van der Waals surface area contributed by atoms with Gasteiger partial charge in [-0.3, -0.25) is 0 Å². The lowest BCUT2D eigenvalue weighted by Crippen LogP contribution is -2.16. The molecular formula is C18H29N3O8S. The second-order valence-corrected chi connectivity index (χ2v) is 7.88. The molecular weight excluding hydrogens is 418 g/mol. The summed E-state index contributed by atoms with van der Waals surface area (Å²) < 4.78 is 50.6. The normalized spacial score (nSPS) is 11.3. The maximum Gasteiger partial charge on any atom is 0.184 e. The van der Waals surface area contributed by atoms with Gasteiger partial charge in [0.2, 0.25) is 0 Å². The second-order valence-electron chi connectivity index (χ2n) is 5.80. The molecule has 11 nitrogen and oxygen atoms in total. The minimum absolute atomic E-state index is 0.0170. The Balaban J connectivity index is 1.87. The molecule has 0 amide bonds. The molecule has 0 aromatic heterocycles. The van der Waals surface area contributed by atoms with Gasteiger partial charge in [0.1, 0.15) is 10.6 Å². The van der Waals surface area contributed by atoms with Crippen LogP contribution in [-0.2, 0) is 33.5 Å². The molecule has 0 spiro atoms. The summed E-state index contributed by atoms with van der Waals surface area (Å²) in [4.78, 5) is 2.52. The quantitative estimate of drug-likeness (QED) is 0.145. The van der Waals surface area contributed by atoms with Gasteiger partial charge in [-0.05, 0) is 17.7 Å². The molecule has 1 N–H and O–H groups in total. The number of benzene rings is 1. The summed E-state index contributed by atoms with van der Waals surface area (Å²) in [7, 11) is -3.59. The molecule has 0 bridgehead atoms. The zero-order chi connectivity index (χ0) is 21.9. The molecule has 0 saturated heterocycles. The topological polar surface area (TPSA) is 149 Å². The predicted octanol–water partition coefficient (Wildman–Crippen LogP) is 1.56. The maximum atomic E-state index is 12.1. The lowest BCUT2D eigenvalue weighted by molar-refractivity contribution is -0.00956. The van der Waals surface area contributed by atoms with E-state index in [2.05, 4.69) is 10.0 Å². The maximum absolute atomic E-state index is 12.1. The van der Waals surface area contributed by atoms with Crippen LogP contribution in [0.25, 0.3) is 10.4 Å². The Labute approximate surface area is 176 Å². The first kappa shape index (κ1) is 26.1. The minimum Gasteiger partial charge on any atom is -0.507 e. The van der Waals surface area contributed by atoms with Gasteiger partial charge in [-0.15, -0.1) is 0 Å². The number of ether oxygens (including phenoxy) is 5. The van der Waals surface area contributed by atoms with Crippen molar-refractivity contribution >= 4 is 9.84 Å². The first-order valence-corrected chi connectivity index (χ1v) is 11.1. The lowest BCUT2D eigenvalue weighted by atomic mass is 10.3. The number of hydrogen-bond acceptors (Lipinski definition) is 9. The molecule has 0 aliphatic heterocycles. The molecule has 0 fully saturated rings. The highest BCUT2D eigenvalue weighted by molar-refractivity contribution is 7.91. The highest BCUT2D eigenvalue weighted by atomic mass is 32.2. The van der Waals surface area contributed by atoms with E-state index in [1.165, 1.54) is 12.1 Å². The van der Waals surface area contributed by atoms with E-state index >= 15 is 0 Å². The zero-order valence-electron chi connectivity index (χ0n) is 16.8. The van der Waals surface area contributed by atoms with Crippen molar-refractivity contribution in [2.45, 2.75) is 4.90 Å². The third kappa shape index (κ3) is 12.6. The van der Waals surface area contributed by atoms with E-state index in [-0.39, 0.29) is 29.6 Å². The number of para-hydroxylation sites is 1. The fraction of sp³-hybridized carbons (Fsp3) is 0.667. The van der Waals surface area contributed by atoms with Gasteiger partial charge in [0.15, 0.2) is 9.84 Å². The first-order chi connectivity index (χ1) is 14.6. The molecule has 1 aromatic rings. The van der Waals surface area contributed by atoms with Crippen LogP contribution in [0.4, 0.5) is 0 Å². The third-order valence-electron chi connectivity index (χ3n) is 3.58. The van der Waals surface area contributed by atoms with Gasteiger partial charge in [0, 0.05) is 11.5 Å². The first-order valence-electron chi connectivity index (χ1n) is 9.48. The molecule has 0 radical (unpaired) electrons. The number of azide groups is 1. The Morgan fingerprint density at radius 3 is 1.77 bits per heavy atom. The van der Waals surface area contributed by atoms with Crippen molar-refractivity contribution in [2.75, 3.05) is 78.4 Å². The van der Waals surface area contributed by atoms with Crippen molar-refractivity contribution in [3.63, 3.8) is 0 Å². The van der Waals surface area contributed by atoms with Gasteiger partial charge in [-0.25, -0.2) is 8.42 Å². The number of phenols is 1. The average Bonchev–Trinajstić information content (AvgIpc) is 2.73. The number of sulfone groups is 1. The highest BCUT2D eigenvalue weighted by Crippen LogP contribution is 2.22. The Hall–Kier alpha value is -1.92. The van der Waals surface area contributed by atoms with E-state index in [0.29, 0.717) is 59.4 Å². The van der Waals surface area contributed by atoms with Crippen molar-refractivity contribution in [1.29, 1.82) is 0 Å². The predicted molar refractivity (Wildman–Crippen MR) is 108 cm³/mol. The third-order valence-corrected chi connectivity index (χ3v) is 5.30. The van der Waals surface area contributed by atoms with Crippen LogP contribution in [0, 0.1) is 0 Å². The molecule has 12 heteroatoms. The summed E-state index contributed by atoms with van der Waals surface area (Å²) in [6, 6.07) is 5.81. The Morgan fingerprint density at radius 1 is 0.800 bits per heavy atom. The standard InChI is InChI=1S/C18H29N3O8S/c19-21-20-5-6-25-7-8-26-9-10-27-11-12-28-13-14-29-15-16-30(23,24)18-4-2-1-3-17(18)22/h1-4,22H,5-16H2. The van der Waals surface area contributed by atoms with E-state index < -0.39 is 9.84 Å². The molecule has 0 aliphatic carbocycles. The largest absolute Gasteiger partial charge is 0.507 e. The number of rotatable bonds is 19. The molecule has 30 heavy (non-hydrogen) atoms. The van der Waals surface area contributed by atoms with Crippen LogP contribution in [0.3, 0.4) is 0 Å². The summed E-state index contributed by atoms with van der Waals surface area (Å²) in [6.45, 7) is 3.82. The van der Waals surface area contributed by atoms with Gasteiger partial charge >= 0.3 is 0 Å². The zero-order valence-corrected chi connectivity index (χ0v) is 17.7. The van der Waals surface area contributed by atoms with Crippen molar-refractivity contribution in [3.05, 3.63) is 34.7 Å². The van der Waals surface area contributed by atoms with Crippen molar-refractivity contribution < 1.29 is 37.2 Å². The number of phenolic OH excluding ortho intramolecular Hbond substituents is 1. The van der Waals surface area contributed by atoms with Crippen LogP contribution in [0.2, 0.25) is 0 Å². The van der Waals surface area contributed by atoms with Crippen LogP contribution in [0.5, 0.6) is 5.75 Å². The van der Waals surface area contributed by atoms with Gasteiger partial charge in [0.05, 0.1) is 71.8 Å². The van der Waals surface area contributed by atoms with E-state index in [4.69, 9.17) is 29.2 Å². The molecule has 0 aliphatic rings. The molecule has 170 valence electrons. The number of nitrogens with zero attached hydrogens (tertiary/aromatic N) is 3. The lowest BCUT2D eigenvalue weighted by Gasteiger charge is -2.08. The summed E-state index contributed by atoms with van der Waals surface area (Å²) in [5.74, 6) is -0.478. The monoisotopic (exact) mass is 447 g/mol. The highest BCUT2D eigenvalue weighted by Gasteiger charge is 2.17. The summed E-state index contributed by atoms with van der Waals surface area (Å²) in [5, 5.41) is 13.0. The smallest absolute Gasteiger partial charge is 0.184 e. The number of hydrogen-bond donors (Lipinski definition) is 1. The summed E-state index contributed by atoms with van der Waals surface area (Å²) in [6.07, 6.45) is 0. The summed E-state index contributed by atoms with van der Waals surface area (Å²) in [5.41, 5.74) is 8.08. The van der Waals surface area contributed by atoms with E-state index in [1.54, 1.807) is 12.1 Å². The molecule has 0 atom stereocenters. The van der Waals surface area contributed by atoms with Gasteiger partial charge in [-0.1, -0.05) is 17.2 Å². The van der Waals surface area contributed by atoms with Crippen molar-refractivity contribution in [2.24, 2.45) is 5.11 Å². The SMILES string of the molecule is [N-]=[N+]=NCCOCCOCCOCCOCCOCCS(=O)(=O)c1ccccc1O. The van der Waals surface area contributed by atoms with Crippen LogP contribution in [-0.4, -0.2) is 91.9 Å². The van der Waals surface area contributed by atoms with Gasteiger partial charge in [-0.2, -0.15) is 0 Å². The van der Waals surface area contributed by atoms with Crippen LogP contribution in [0.15, 0.2) is 34.3 Å².